The zero-order chi connectivity index (χ0) is 15.2. The number of carbonyl (C=O) groups is 2. The predicted octanol–water partition coefficient (Wildman–Crippen LogP) is 0.823. The minimum atomic E-state index is -0.653. The Bertz CT molecular complexity index is 613. The molecule has 0 N–H and O–H groups in total. The number of ether oxygens (including phenoxy) is 1. The van der Waals surface area contributed by atoms with Crippen LogP contribution in [-0.4, -0.2) is 54.6 Å². The summed E-state index contributed by atoms with van der Waals surface area (Å²) in [7, 11) is 2.93. The van der Waals surface area contributed by atoms with Crippen LogP contribution in [0.15, 0.2) is 18.2 Å². The average molecular weight is 294 g/mol. The maximum absolute atomic E-state index is 13.9. The Balaban J connectivity index is 1.76. The molecular formula is C14H15FN2O4. The van der Waals surface area contributed by atoms with Gasteiger partial charge in [-0.15, -0.1) is 0 Å². The van der Waals surface area contributed by atoms with Crippen molar-refractivity contribution in [3.8, 4) is 5.75 Å². The lowest BCUT2D eigenvalue weighted by Gasteiger charge is -2.45. The topological polar surface area (TPSA) is 59.1 Å². The summed E-state index contributed by atoms with van der Waals surface area (Å²) < 4.78 is 18.9. The molecule has 2 aliphatic heterocycles. The molecule has 0 atom stereocenters. The Labute approximate surface area is 121 Å². The van der Waals surface area contributed by atoms with Gasteiger partial charge in [0.15, 0.2) is 0 Å². The summed E-state index contributed by atoms with van der Waals surface area (Å²) in [6, 6.07) is 4.24. The fourth-order valence-electron chi connectivity index (χ4n) is 2.76. The van der Waals surface area contributed by atoms with E-state index >= 15 is 0 Å². The first-order valence-electron chi connectivity index (χ1n) is 6.53. The third-order valence-corrected chi connectivity index (χ3v) is 3.81. The van der Waals surface area contributed by atoms with Crippen molar-refractivity contribution >= 4 is 11.8 Å². The average Bonchev–Trinajstić information content (AvgIpc) is 2.72. The molecular weight excluding hydrogens is 279 g/mol. The molecule has 1 aromatic rings. The van der Waals surface area contributed by atoms with Crippen molar-refractivity contribution in [3.63, 3.8) is 0 Å². The van der Waals surface area contributed by atoms with E-state index in [2.05, 4.69) is 0 Å². The van der Waals surface area contributed by atoms with Crippen LogP contribution in [0, 0.1) is 5.82 Å². The monoisotopic (exact) mass is 294 g/mol. The number of hydrogen-bond donors (Lipinski definition) is 0. The second-order valence-electron chi connectivity index (χ2n) is 5.32. The highest BCUT2D eigenvalue weighted by Crippen LogP contribution is 2.36. The molecule has 1 spiro atoms. The number of benzene rings is 1. The van der Waals surface area contributed by atoms with Crippen LogP contribution in [0.4, 0.5) is 4.39 Å². The lowest BCUT2D eigenvalue weighted by molar-refractivity contribution is -0.218. The lowest BCUT2D eigenvalue weighted by Crippen LogP contribution is -2.63. The maximum Gasteiger partial charge on any atom is 0.260 e. The van der Waals surface area contributed by atoms with Gasteiger partial charge in [-0.2, -0.15) is 0 Å². The largest absolute Gasteiger partial charge is 0.496 e. The number of nitrogens with zero attached hydrogens (tertiary/aromatic N) is 2. The van der Waals surface area contributed by atoms with Crippen molar-refractivity contribution in [1.82, 2.24) is 9.96 Å². The summed E-state index contributed by atoms with van der Waals surface area (Å²) in [5.41, 5.74) is -0.743. The highest BCUT2D eigenvalue weighted by molar-refractivity contribution is 5.98. The molecule has 2 saturated heterocycles. The van der Waals surface area contributed by atoms with Crippen LogP contribution in [0.3, 0.4) is 0 Å². The molecule has 1 aromatic carbocycles. The smallest absolute Gasteiger partial charge is 0.260 e. The molecule has 2 aliphatic rings. The molecule has 2 amide bonds. The quantitative estimate of drug-likeness (QED) is 0.810. The first-order chi connectivity index (χ1) is 9.96. The fourth-order valence-corrected chi connectivity index (χ4v) is 2.76. The SMILES string of the molecule is COc1cccc(F)c1C(=O)N1CC2(CC(=O)N(C)O2)C1. The van der Waals surface area contributed by atoms with Crippen molar-refractivity contribution in [2.75, 3.05) is 27.2 Å². The molecule has 0 unspecified atom stereocenters. The van der Waals surface area contributed by atoms with Gasteiger partial charge in [-0.05, 0) is 12.1 Å². The Morgan fingerprint density at radius 2 is 2.14 bits per heavy atom. The molecule has 0 aliphatic carbocycles. The van der Waals surface area contributed by atoms with Gasteiger partial charge in [-0.3, -0.25) is 14.4 Å². The third-order valence-electron chi connectivity index (χ3n) is 3.81. The van der Waals surface area contributed by atoms with Crippen LogP contribution in [0.2, 0.25) is 0 Å². The molecule has 0 radical (unpaired) electrons. The summed E-state index contributed by atoms with van der Waals surface area (Å²) in [6.45, 7) is 0.527. The second kappa shape index (κ2) is 4.70. The van der Waals surface area contributed by atoms with Crippen molar-refractivity contribution in [1.29, 1.82) is 0 Å². The van der Waals surface area contributed by atoms with Crippen LogP contribution in [0.25, 0.3) is 0 Å². The molecule has 3 rings (SSSR count). The van der Waals surface area contributed by atoms with Gasteiger partial charge in [0, 0.05) is 7.05 Å². The van der Waals surface area contributed by atoms with E-state index in [0.717, 1.165) is 0 Å². The Morgan fingerprint density at radius 3 is 2.71 bits per heavy atom. The van der Waals surface area contributed by atoms with Crippen LogP contribution < -0.4 is 4.74 Å². The van der Waals surface area contributed by atoms with Crippen molar-refractivity contribution in [2.24, 2.45) is 0 Å². The minimum absolute atomic E-state index is 0.0903. The van der Waals surface area contributed by atoms with Gasteiger partial charge in [0.05, 0.1) is 26.6 Å². The maximum atomic E-state index is 13.9. The first kappa shape index (κ1) is 13.8. The number of methoxy groups -OCH3 is 1. The lowest BCUT2D eigenvalue weighted by atomic mass is 9.90. The first-order valence-corrected chi connectivity index (χ1v) is 6.53. The van der Waals surface area contributed by atoms with E-state index in [1.165, 1.54) is 35.3 Å². The van der Waals surface area contributed by atoms with E-state index in [4.69, 9.17) is 9.57 Å². The van der Waals surface area contributed by atoms with E-state index in [9.17, 15) is 14.0 Å². The minimum Gasteiger partial charge on any atom is -0.496 e. The van der Waals surface area contributed by atoms with Gasteiger partial charge in [-0.1, -0.05) is 6.07 Å². The Kier molecular flexibility index (Phi) is 3.09. The summed E-state index contributed by atoms with van der Waals surface area (Å²) in [5.74, 6) is -1.01. The fraction of sp³-hybridized carbons (Fsp3) is 0.429. The summed E-state index contributed by atoms with van der Waals surface area (Å²) >= 11 is 0. The van der Waals surface area contributed by atoms with E-state index in [1.807, 2.05) is 0 Å². The van der Waals surface area contributed by atoms with Gasteiger partial charge < -0.3 is 9.64 Å². The van der Waals surface area contributed by atoms with Gasteiger partial charge in [0.1, 0.15) is 22.7 Å². The van der Waals surface area contributed by atoms with Gasteiger partial charge in [0.25, 0.3) is 5.91 Å². The van der Waals surface area contributed by atoms with Crippen molar-refractivity contribution in [3.05, 3.63) is 29.6 Å². The zero-order valence-corrected chi connectivity index (χ0v) is 11.8. The van der Waals surface area contributed by atoms with Crippen LogP contribution in [-0.2, 0) is 9.63 Å². The molecule has 112 valence electrons. The molecule has 21 heavy (non-hydrogen) atoms. The zero-order valence-electron chi connectivity index (χ0n) is 11.8. The number of likely N-dealkylation sites (tertiary alicyclic amines) is 1. The molecule has 2 fully saturated rings. The highest BCUT2D eigenvalue weighted by Gasteiger charge is 2.54. The highest BCUT2D eigenvalue weighted by atomic mass is 19.1. The third kappa shape index (κ3) is 2.13. The Hall–Kier alpha value is -2.15. The van der Waals surface area contributed by atoms with Crippen molar-refractivity contribution < 1.29 is 23.6 Å². The number of hydrogen-bond acceptors (Lipinski definition) is 4. The van der Waals surface area contributed by atoms with Crippen LogP contribution >= 0.6 is 0 Å². The van der Waals surface area contributed by atoms with Crippen molar-refractivity contribution in [2.45, 2.75) is 12.0 Å². The summed E-state index contributed by atoms with van der Waals surface area (Å²) in [4.78, 5) is 30.8. The normalized spacial score (nSPS) is 19.9. The number of carbonyl (C=O) groups excluding carboxylic acids is 2. The van der Waals surface area contributed by atoms with Gasteiger partial charge in [0.2, 0.25) is 5.91 Å². The van der Waals surface area contributed by atoms with E-state index < -0.39 is 17.3 Å². The Morgan fingerprint density at radius 1 is 1.43 bits per heavy atom. The number of halogens is 1. The standard InChI is InChI=1S/C14H15FN2O4/c1-16-11(18)6-14(21-16)7-17(8-14)13(19)12-9(15)4-3-5-10(12)20-2/h3-5H,6-8H2,1-2H3. The summed E-state index contributed by atoms with van der Waals surface area (Å²) in [5, 5.41) is 1.19. The second-order valence-corrected chi connectivity index (χ2v) is 5.32. The number of hydroxylamine groups is 2. The van der Waals surface area contributed by atoms with E-state index in [-0.39, 0.29) is 36.7 Å². The van der Waals surface area contributed by atoms with Gasteiger partial charge in [-0.25, -0.2) is 9.45 Å². The molecule has 6 nitrogen and oxygen atoms in total. The van der Waals surface area contributed by atoms with Crippen LogP contribution in [0.5, 0.6) is 5.75 Å². The van der Waals surface area contributed by atoms with E-state index in [0.29, 0.717) is 0 Å². The number of amides is 2. The molecule has 2 heterocycles. The summed E-state index contributed by atoms with van der Waals surface area (Å²) in [6.07, 6.45) is 0.238. The number of rotatable bonds is 2. The van der Waals surface area contributed by atoms with Crippen LogP contribution in [0.1, 0.15) is 16.8 Å². The molecule has 7 heteroatoms. The molecule has 0 aromatic heterocycles. The van der Waals surface area contributed by atoms with E-state index in [1.54, 1.807) is 7.05 Å². The molecule has 0 saturated carbocycles. The predicted molar refractivity (Wildman–Crippen MR) is 70.1 cm³/mol. The van der Waals surface area contributed by atoms with Gasteiger partial charge >= 0.3 is 0 Å². The molecule has 0 bridgehead atoms.